The Kier molecular flexibility index (Phi) is 9.43. The number of nitrogens with one attached hydrogen (secondary N) is 2. The Hall–Kier alpha value is -4.05. The Morgan fingerprint density at radius 1 is 1.00 bits per heavy atom. The van der Waals surface area contributed by atoms with Crippen molar-refractivity contribution in [1.29, 1.82) is 0 Å². The smallest absolute Gasteiger partial charge is 0.341 e. The molecule has 3 aromatic rings. The van der Waals surface area contributed by atoms with Gasteiger partial charge in [0.05, 0.1) is 17.9 Å². The number of thiophene rings is 1. The highest BCUT2D eigenvalue weighted by molar-refractivity contribution is 7.17. The summed E-state index contributed by atoms with van der Waals surface area (Å²) in [6, 6.07) is 13.3. The highest BCUT2D eigenvalue weighted by atomic mass is 32.1. The van der Waals surface area contributed by atoms with Crippen LogP contribution < -0.4 is 15.5 Å². The van der Waals surface area contributed by atoms with E-state index in [1.807, 2.05) is 0 Å². The third-order valence-electron chi connectivity index (χ3n) is 6.28. The lowest BCUT2D eigenvalue weighted by Gasteiger charge is -2.09. The average molecular weight is 552 g/mol. The Bertz CT molecular complexity index is 1380. The number of anilines is 1. The van der Waals surface area contributed by atoms with Crippen LogP contribution in [0.3, 0.4) is 0 Å². The van der Waals surface area contributed by atoms with Crippen LogP contribution in [0.1, 0.15) is 65.0 Å². The zero-order valence-electron chi connectivity index (χ0n) is 21.8. The van der Waals surface area contributed by atoms with E-state index < -0.39 is 17.8 Å². The van der Waals surface area contributed by atoms with Crippen molar-refractivity contribution < 1.29 is 28.2 Å². The van der Waals surface area contributed by atoms with Gasteiger partial charge in [-0.2, -0.15) is 5.10 Å². The number of carbonyl (C=O) groups excluding carboxylic acids is 3. The quantitative estimate of drug-likeness (QED) is 0.128. The van der Waals surface area contributed by atoms with Gasteiger partial charge in [-0.1, -0.05) is 24.6 Å². The summed E-state index contributed by atoms with van der Waals surface area (Å²) in [5.41, 5.74) is 5.13. The van der Waals surface area contributed by atoms with Gasteiger partial charge >= 0.3 is 17.8 Å². The molecule has 39 heavy (non-hydrogen) atoms. The minimum Gasteiger partial charge on any atom is -0.489 e. The summed E-state index contributed by atoms with van der Waals surface area (Å²) >= 11 is 1.32. The van der Waals surface area contributed by atoms with Crippen molar-refractivity contribution in [2.24, 2.45) is 5.10 Å². The molecule has 0 unspecified atom stereocenters. The molecular weight excluding hydrogens is 521 g/mol. The summed E-state index contributed by atoms with van der Waals surface area (Å²) < 4.78 is 24.6. The summed E-state index contributed by atoms with van der Waals surface area (Å²) in [6.45, 7) is 3.71. The lowest BCUT2D eigenvalue weighted by atomic mass is 10.1. The molecule has 0 spiro atoms. The molecule has 4 rings (SSSR count). The van der Waals surface area contributed by atoms with E-state index in [2.05, 4.69) is 15.8 Å². The SMILES string of the molecule is CCOC(=O)c1c(NC(=O)C(=O)NN=C(C)c2ccc(OCc3ccccc3F)cc2)sc2c1CCCCC2. The molecule has 204 valence electrons. The molecule has 0 fully saturated rings. The Morgan fingerprint density at radius 2 is 1.74 bits per heavy atom. The van der Waals surface area contributed by atoms with E-state index in [1.165, 1.54) is 17.4 Å². The molecule has 1 aromatic heterocycles. The van der Waals surface area contributed by atoms with Crippen molar-refractivity contribution in [3.63, 3.8) is 0 Å². The second kappa shape index (κ2) is 13.1. The largest absolute Gasteiger partial charge is 0.489 e. The Morgan fingerprint density at radius 3 is 2.49 bits per heavy atom. The summed E-state index contributed by atoms with van der Waals surface area (Å²) in [6.07, 6.45) is 4.60. The van der Waals surface area contributed by atoms with Crippen LogP contribution in [0.4, 0.5) is 9.39 Å². The van der Waals surface area contributed by atoms with Crippen LogP contribution >= 0.6 is 11.3 Å². The van der Waals surface area contributed by atoms with Crippen LogP contribution in [0.5, 0.6) is 5.75 Å². The van der Waals surface area contributed by atoms with Gasteiger partial charge < -0.3 is 14.8 Å². The first-order valence-corrected chi connectivity index (χ1v) is 13.6. The number of hydrazone groups is 1. The molecule has 2 amide bonds. The zero-order valence-corrected chi connectivity index (χ0v) is 22.7. The first kappa shape index (κ1) is 28.0. The van der Waals surface area contributed by atoms with Gasteiger partial charge in [-0.25, -0.2) is 14.6 Å². The third-order valence-corrected chi connectivity index (χ3v) is 7.49. The van der Waals surface area contributed by atoms with Crippen molar-refractivity contribution in [3.8, 4) is 5.75 Å². The number of hydrogen-bond acceptors (Lipinski definition) is 7. The summed E-state index contributed by atoms with van der Waals surface area (Å²) in [5.74, 6) is -2.17. The fourth-order valence-corrected chi connectivity index (χ4v) is 5.50. The fraction of sp³-hybridized carbons (Fsp3) is 0.310. The van der Waals surface area contributed by atoms with Crippen LogP contribution in [0.15, 0.2) is 53.6 Å². The van der Waals surface area contributed by atoms with Crippen LogP contribution in [0, 0.1) is 5.82 Å². The lowest BCUT2D eigenvalue weighted by molar-refractivity contribution is -0.136. The van der Waals surface area contributed by atoms with Crippen molar-refractivity contribution in [1.82, 2.24) is 5.43 Å². The minimum atomic E-state index is -0.961. The molecule has 0 radical (unpaired) electrons. The number of hydrogen-bond donors (Lipinski definition) is 2. The fourth-order valence-electron chi connectivity index (χ4n) is 4.23. The van der Waals surface area contributed by atoms with E-state index in [0.717, 1.165) is 42.5 Å². The molecular formula is C29H30FN3O5S. The number of halogens is 1. The maximum absolute atomic E-state index is 13.8. The van der Waals surface area contributed by atoms with Gasteiger partial charge in [0, 0.05) is 10.4 Å². The van der Waals surface area contributed by atoms with E-state index >= 15 is 0 Å². The lowest BCUT2D eigenvalue weighted by Crippen LogP contribution is -2.33. The average Bonchev–Trinajstić information content (AvgIpc) is 3.11. The number of amides is 2. The monoisotopic (exact) mass is 551 g/mol. The van der Waals surface area contributed by atoms with Gasteiger partial charge in [0.15, 0.2) is 0 Å². The van der Waals surface area contributed by atoms with Gasteiger partial charge in [0.1, 0.15) is 23.2 Å². The topological polar surface area (TPSA) is 106 Å². The highest BCUT2D eigenvalue weighted by Gasteiger charge is 2.28. The third kappa shape index (κ3) is 7.08. The number of rotatable bonds is 8. The zero-order chi connectivity index (χ0) is 27.8. The molecule has 0 saturated carbocycles. The van der Waals surface area contributed by atoms with Gasteiger partial charge in [0.25, 0.3) is 0 Å². The van der Waals surface area contributed by atoms with E-state index in [1.54, 1.807) is 56.3 Å². The summed E-state index contributed by atoms with van der Waals surface area (Å²) in [4.78, 5) is 38.9. The van der Waals surface area contributed by atoms with E-state index in [-0.39, 0.29) is 19.0 Å². The van der Waals surface area contributed by atoms with E-state index in [9.17, 15) is 18.8 Å². The van der Waals surface area contributed by atoms with E-state index in [0.29, 0.717) is 33.2 Å². The molecule has 0 atom stereocenters. The maximum Gasteiger partial charge on any atom is 0.341 e. The first-order chi connectivity index (χ1) is 18.9. The maximum atomic E-state index is 13.8. The van der Waals surface area contributed by atoms with Crippen LogP contribution in [0.2, 0.25) is 0 Å². The van der Waals surface area contributed by atoms with Gasteiger partial charge in [-0.15, -0.1) is 11.3 Å². The summed E-state index contributed by atoms with van der Waals surface area (Å²) in [5, 5.41) is 6.94. The normalized spacial score (nSPS) is 13.2. The van der Waals surface area contributed by atoms with Crippen LogP contribution in [0.25, 0.3) is 0 Å². The number of nitrogens with zero attached hydrogens (tertiary/aromatic N) is 1. The van der Waals surface area contributed by atoms with Gasteiger partial charge in [0.2, 0.25) is 0 Å². The van der Waals surface area contributed by atoms with Crippen molar-refractivity contribution in [2.75, 3.05) is 11.9 Å². The molecule has 8 nitrogen and oxygen atoms in total. The number of benzene rings is 2. The van der Waals surface area contributed by atoms with Crippen molar-refractivity contribution in [2.45, 2.75) is 52.6 Å². The number of fused-ring (bicyclic) bond motifs is 1. The van der Waals surface area contributed by atoms with Crippen molar-refractivity contribution >= 4 is 39.8 Å². The number of carbonyl (C=O) groups is 3. The molecule has 1 aliphatic rings. The first-order valence-electron chi connectivity index (χ1n) is 12.8. The molecule has 0 aliphatic heterocycles. The van der Waals surface area contributed by atoms with Crippen molar-refractivity contribution in [3.05, 3.63) is 81.5 Å². The molecule has 1 aliphatic carbocycles. The summed E-state index contributed by atoms with van der Waals surface area (Å²) in [7, 11) is 0. The predicted octanol–water partition coefficient (Wildman–Crippen LogP) is 5.39. The number of aryl methyl sites for hydroxylation is 1. The highest BCUT2D eigenvalue weighted by Crippen LogP contribution is 2.38. The molecule has 10 heteroatoms. The molecule has 1 heterocycles. The number of ether oxygens (including phenoxy) is 2. The Balaban J connectivity index is 1.37. The second-order valence-corrected chi connectivity index (χ2v) is 10.1. The minimum absolute atomic E-state index is 0.0926. The Labute approximate surface area is 230 Å². The molecule has 0 saturated heterocycles. The molecule has 0 bridgehead atoms. The molecule has 2 aromatic carbocycles. The van der Waals surface area contributed by atoms with Crippen LogP contribution in [-0.2, 0) is 33.8 Å². The van der Waals surface area contributed by atoms with E-state index in [4.69, 9.17) is 9.47 Å². The molecule has 2 N–H and O–H groups in total. The standard InChI is InChI=1S/C29H30FN3O5S/c1-3-37-29(36)25-22-10-5-4-6-12-24(22)39-28(25)31-26(34)27(35)33-32-18(2)19-13-15-21(16-14-19)38-17-20-9-7-8-11-23(20)30/h7-9,11,13-16H,3-6,10,12,17H2,1-2H3,(H,31,34)(H,33,35). The van der Waals surface area contributed by atoms with Gasteiger partial charge in [-0.05, 0) is 81.0 Å². The van der Waals surface area contributed by atoms with Crippen LogP contribution in [-0.4, -0.2) is 30.1 Å². The predicted molar refractivity (Wildman–Crippen MR) is 148 cm³/mol. The van der Waals surface area contributed by atoms with Gasteiger partial charge in [-0.3, -0.25) is 9.59 Å². The second-order valence-electron chi connectivity index (χ2n) is 8.99. The number of esters is 1.